The van der Waals surface area contributed by atoms with Gasteiger partial charge in [-0.3, -0.25) is 4.79 Å². The molecule has 0 saturated heterocycles. The molecular weight excluding hydrogens is 389 g/mol. The van der Waals surface area contributed by atoms with Crippen LogP contribution in [0.5, 0.6) is 5.75 Å². The van der Waals surface area contributed by atoms with Gasteiger partial charge in [0.2, 0.25) is 0 Å². The van der Waals surface area contributed by atoms with Gasteiger partial charge >= 0.3 is 0 Å². The van der Waals surface area contributed by atoms with Crippen LogP contribution in [0, 0.1) is 17.4 Å². The van der Waals surface area contributed by atoms with Gasteiger partial charge in [-0.05, 0) is 84.3 Å². The first-order valence-electron chi connectivity index (χ1n) is 7.30. The highest BCUT2D eigenvalue weighted by atomic mass is 127. The molecule has 0 heterocycles. The van der Waals surface area contributed by atoms with Gasteiger partial charge < -0.3 is 10.1 Å². The lowest BCUT2D eigenvalue weighted by atomic mass is 10.2. The van der Waals surface area contributed by atoms with E-state index in [9.17, 15) is 4.79 Å². The molecule has 0 aliphatic carbocycles. The first kappa shape index (κ1) is 16.8. The largest absolute Gasteiger partial charge is 0.481 e. The SMILES string of the molecule is CC[C@@H](Oc1cccc(C)c1)C(=O)Nc1ccc(I)cc1C. The average Bonchev–Trinajstić information content (AvgIpc) is 2.47. The molecule has 0 bridgehead atoms. The summed E-state index contributed by atoms with van der Waals surface area (Å²) >= 11 is 2.26. The maximum Gasteiger partial charge on any atom is 0.265 e. The zero-order valence-electron chi connectivity index (χ0n) is 13.0. The Kier molecular flexibility index (Phi) is 5.83. The van der Waals surface area contributed by atoms with E-state index in [0.29, 0.717) is 6.42 Å². The van der Waals surface area contributed by atoms with Gasteiger partial charge in [0.15, 0.2) is 6.10 Å². The number of carbonyl (C=O) groups excluding carboxylic acids is 1. The van der Waals surface area contributed by atoms with E-state index in [-0.39, 0.29) is 5.91 Å². The van der Waals surface area contributed by atoms with Crippen LogP contribution in [-0.4, -0.2) is 12.0 Å². The number of rotatable bonds is 5. The van der Waals surface area contributed by atoms with Gasteiger partial charge in [0.05, 0.1) is 0 Å². The maximum atomic E-state index is 12.4. The monoisotopic (exact) mass is 409 g/mol. The summed E-state index contributed by atoms with van der Waals surface area (Å²) in [4.78, 5) is 12.4. The Morgan fingerprint density at radius 1 is 1.23 bits per heavy atom. The van der Waals surface area contributed by atoms with Crippen LogP contribution >= 0.6 is 22.6 Å². The Balaban J connectivity index is 2.08. The normalized spacial score (nSPS) is 11.8. The highest BCUT2D eigenvalue weighted by molar-refractivity contribution is 14.1. The fourth-order valence-electron chi connectivity index (χ4n) is 2.16. The van der Waals surface area contributed by atoms with Crippen molar-refractivity contribution in [3.63, 3.8) is 0 Å². The molecule has 0 unspecified atom stereocenters. The Bertz CT molecular complexity index is 670. The van der Waals surface area contributed by atoms with Crippen molar-refractivity contribution in [3.05, 3.63) is 57.2 Å². The third-order valence-corrected chi connectivity index (χ3v) is 4.05. The van der Waals surface area contributed by atoms with Crippen LogP contribution < -0.4 is 10.1 Å². The minimum Gasteiger partial charge on any atom is -0.481 e. The molecule has 2 aromatic rings. The first-order valence-corrected chi connectivity index (χ1v) is 8.38. The number of nitrogens with one attached hydrogen (secondary N) is 1. The summed E-state index contributed by atoms with van der Waals surface area (Å²) in [6.45, 7) is 5.93. The van der Waals surface area contributed by atoms with Gasteiger partial charge in [-0.2, -0.15) is 0 Å². The lowest BCUT2D eigenvalue weighted by Crippen LogP contribution is -2.32. The molecule has 0 fully saturated rings. The van der Waals surface area contributed by atoms with Gasteiger partial charge in [-0.15, -0.1) is 0 Å². The molecule has 1 N–H and O–H groups in total. The summed E-state index contributed by atoms with van der Waals surface area (Å²) in [5.41, 5.74) is 2.99. The number of ether oxygens (including phenoxy) is 1. The average molecular weight is 409 g/mol. The van der Waals surface area contributed by atoms with Crippen molar-refractivity contribution in [2.24, 2.45) is 0 Å². The van der Waals surface area contributed by atoms with Crippen molar-refractivity contribution in [3.8, 4) is 5.75 Å². The minimum absolute atomic E-state index is 0.117. The van der Waals surface area contributed by atoms with E-state index < -0.39 is 6.10 Å². The van der Waals surface area contributed by atoms with Gasteiger partial charge in [-0.1, -0.05) is 19.1 Å². The van der Waals surface area contributed by atoms with E-state index >= 15 is 0 Å². The molecule has 22 heavy (non-hydrogen) atoms. The molecule has 0 aromatic heterocycles. The fraction of sp³-hybridized carbons (Fsp3) is 0.278. The Morgan fingerprint density at radius 2 is 2.00 bits per heavy atom. The Labute approximate surface area is 145 Å². The first-order chi connectivity index (χ1) is 10.5. The van der Waals surface area contributed by atoms with Crippen LogP contribution in [0.4, 0.5) is 5.69 Å². The molecule has 1 atom stereocenters. The standard InChI is InChI=1S/C18H20INO2/c1-4-17(22-15-7-5-6-12(2)10-15)18(21)20-16-9-8-14(19)11-13(16)3/h5-11,17H,4H2,1-3H3,(H,20,21)/t17-/m1/s1. The lowest BCUT2D eigenvalue weighted by Gasteiger charge is -2.18. The second-order valence-electron chi connectivity index (χ2n) is 5.28. The van der Waals surface area contributed by atoms with E-state index in [1.54, 1.807) is 0 Å². The third kappa shape index (κ3) is 4.47. The Morgan fingerprint density at radius 3 is 2.64 bits per heavy atom. The van der Waals surface area contributed by atoms with Gasteiger partial charge in [0.1, 0.15) is 5.75 Å². The van der Waals surface area contributed by atoms with E-state index in [0.717, 1.165) is 26.1 Å². The third-order valence-electron chi connectivity index (χ3n) is 3.38. The number of benzene rings is 2. The van der Waals surface area contributed by atoms with E-state index in [1.807, 2.05) is 63.2 Å². The molecule has 0 aliphatic rings. The van der Waals surface area contributed by atoms with Crippen LogP contribution in [0.1, 0.15) is 24.5 Å². The lowest BCUT2D eigenvalue weighted by molar-refractivity contribution is -0.122. The van der Waals surface area contributed by atoms with Crippen LogP contribution in [0.25, 0.3) is 0 Å². The highest BCUT2D eigenvalue weighted by Gasteiger charge is 2.19. The molecule has 4 heteroatoms. The predicted octanol–water partition coefficient (Wildman–Crippen LogP) is 4.70. The molecule has 3 nitrogen and oxygen atoms in total. The van der Waals surface area contributed by atoms with Gasteiger partial charge in [0, 0.05) is 9.26 Å². The van der Waals surface area contributed by atoms with Crippen molar-refractivity contribution < 1.29 is 9.53 Å². The second kappa shape index (κ2) is 7.63. The van der Waals surface area contributed by atoms with Crippen molar-refractivity contribution in [2.75, 3.05) is 5.32 Å². The van der Waals surface area contributed by atoms with Gasteiger partial charge in [0.25, 0.3) is 5.91 Å². The van der Waals surface area contributed by atoms with Crippen LogP contribution in [0.2, 0.25) is 0 Å². The molecule has 2 aromatic carbocycles. The van der Waals surface area contributed by atoms with Crippen molar-refractivity contribution in [1.82, 2.24) is 0 Å². The summed E-state index contributed by atoms with van der Waals surface area (Å²) in [6.07, 6.45) is 0.115. The van der Waals surface area contributed by atoms with Crippen LogP contribution in [0.3, 0.4) is 0 Å². The Hall–Kier alpha value is -1.56. The van der Waals surface area contributed by atoms with E-state index in [4.69, 9.17) is 4.74 Å². The molecule has 116 valence electrons. The molecule has 0 saturated carbocycles. The smallest absolute Gasteiger partial charge is 0.265 e. The number of aryl methyl sites for hydroxylation is 2. The van der Waals surface area contributed by atoms with Gasteiger partial charge in [-0.25, -0.2) is 0 Å². The molecule has 2 rings (SSSR count). The summed E-state index contributed by atoms with van der Waals surface area (Å²) in [7, 11) is 0. The number of halogens is 1. The van der Waals surface area contributed by atoms with E-state index in [1.165, 1.54) is 0 Å². The molecule has 0 aliphatic heterocycles. The number of anilines is 1. The number of carbonyl (C=O) groups is 1. The predicted molar refractivity (Wildman–Crippen MR) is 98.4 cm³/mol. The topological polar surface area (TPSA) is 38.3 Å². The summed E-state index contributed by atoms with van der Waals surface area (Å²) < 4.78 is 6.98. The molecule has 0 radical (unpaired) electrons. The molecular formula is C18H20INO2. The highest BCUT2D eigenvalue weighted by Crippen LogP contribution is 2.20. The summed E-state index contributed by atoms with van der Waals surface area (Å²) in [6, 6.07) is 13.7. The van der Waals surface area contributed by atoms with Crippen LogP contribution in [0.15, 0.2) is 42.5 Å². The zero-order chi connectivity index (χ0) is 16.1. The maximum absolute atomic E-state index is 12.4. The molecule has 1 amide bonds. The number of hydrogen-bond donors (Lipinski definition) is 1. The summed E-state index contributed by atoms with van der Waals surface area (Å²) in [5, 5.41) is 2.96. The zero-order valence-corrected chi connectivity index (χ0v) is 15.2. The van der Waals surface area contributed by atoms with Crippen LogP contribution in [-0.2, 0) is 4.79 Å². The summed E-state index contributed by atoms with van der Waals surface area (Å²) in [5.74, 6) is 0.606. The second-order valence-corrected chi connectivity index (χ2v) is 6.53. The van der Waals surface area contributed by atoms with E-state index in [2.05, 4.69) is 27.9 Å². The quantitative estimate of drug-likeness (QED) is 0.727. The molecule has 0 spiro atoms. The fourth-order valence-corrected chi connectivity index (χ4v) is 2.80. The minimum atomic E-state index is -0.500. The number of amides is 1. The number of hydrogen-bond acceptors (Lipinski definition) is 2. The van der Waals surface area contributed by atoms with Crippen molar-refractivity contribution in [1.29, 1.82) is 0 Å². The van der Waals surface area contributed by atoms with Crippen molar-refractivity contribution in [2.45, 2.75) is 33.3 Å². The van der Waals surface area contributed by atoms with Crippen molar-refractivity contribution >= 4 is 34.2 Å².